The predicted octanol–water partition coefficient (Wildman–Crippen LogP) is 1.44. The lowest BCUT2D eigenvalue weighted by Gasteiger charge is -2.11. The molecule has 0 bridgehead atoms. The summed E-state index contributed by atoms with van der Waals surface area (Å²) < 4.78 is 10.3. The highest BCUT2D eigenvalue weighted by atomic mass is 16.7. The van der Waals surface area contributed by atoms with E-state index in [4.69, 9.17) is 9.47 Å². The minimum absolute atomic E-state index is 0.111. The van der Waals surface area contributed by atoms with Crippen molar-refractivity contribution in [1.29, 1.82) is 0 Å². The van der Waals surface area contributed by atoms with E-state index in [1.54, 1.807) is 6.92 Å². The Labute approximate surface area is 78.2 Å². The highest BCUT2D eigenvalue weighted by Crippen LogP contribution is 1.96. The fraction of sp³-hybridized carbons (Fsp3) is 1.00. The Balaban J connectivity index is 3.19. The van der Waals surface area contributed by atoms with Crippen molar-refractivity contribution in [3.63, 3.8) is 0 Å². The smallest absolute Gasteiger partial charge is 0.227 e. The Hall–Kier alpha value is -0.680. The molecule has 0 heterocycles. The Kier molecular flexibility index (Phi) is 7.53. The standard InChI is InChI=1S/C8H17NO4/c1-3-4-6-12-8(2)13-7-5-9(10)11/h8H,3-7H2,1-2H3. The molecule has 0 aliphatic carbocycles. The summed E-state index contributed by atoms with van der Waals surface area (Å²) in [5.41, 5.74) is 0. The molecule has 5 nitrogen and oxygen atoms in total. The van der Waals surface area contributed by atoms with Crippen LogP contribution >= 0.6 is 0 Å². The van der Waals surface area contributed by atoms with Crippen molar-refractivity contribution >= 4 is 0 Å². The van der Waals surface area contributed by atoms with Crippen LogP contribution in [0.2, 0.25) is 0 Å². The second kappa shape index (κ2) is 7.94. The van der Waals surface area contributed by atoms with Gasteiger partial charge >= 0.3 is 0 Å². The first-order valence-corrected chi connectivity index (χ1v) is 4.51. The monoisotopic (exact) mass is 191 g/mol. The third-order valence-electron chi connectivity index (χ3n) is 1.48. The molecular weight excluding hydrogens is 174 g/mol. The summed E-state index contributed by atoms with van der Waals surface area (Å²) in [4.78, 5) is 9.52. The fourth-order valence-corrected chi connectivity index (χ4v) is 0.735. The molecule has 0 radical (unpaired) electrons. The van der Waals surface area contributed by atoms with Crippen LogP contribution in [0.3, 0.4) is 0 Å². The molecule has 1 unspecified atom stereocenters. The highest BCUT2D eigenvalue weighted by Gasteiger charge is 2.03. The van der Waals surface area contributed by atoms with E-state index < -0.39 is 4.92 Å². The van der Waals surface area contributed by atoms with Crippen molar-refractivity contribution in [3.05, 3.63) is 10.1 Å². The zero-order valence-corrected chi connectivity index (χ0v) is 8.19. The van der Waals surface area contributed by atoms with Gasteiger partial charge in [-0.15, -0.1) is 0 Å². The van der Waals surface area contributed by atoms with Crippen LogP contribution in [0.25, 0.3) is 0 Å². The molecule has 0 aromatic rings. The van der Waals surface area contributed by atoms with Crippen molar-refractivity contribution < 1.29 is 14.4 Å². The van der Waals surface area contributed by atoms with E-state index in [0.29, 0.717) is 6.61 Å². The molecule has 0 saturated carbocycles. The molecule has 0 fully saturated rings. The molecule has 0 aromatic carbocycles. The first-order valence-electron chi connectivity index (χ1n) is 4.51. The van der Waals surface area contributed by atoms with Gasteiger partial charge in [0.25, 0.3) is 0 Å². The van der Waals surface area contributed by atoms with Gasteiger partial charge in [0.15, 0.2) is 6.29 Å². The number of hydrogen-bond acceptors (Lipinski definition) is 4. The van der Waals surface area contributed by atoms with E-state index >= 15 is 0 Å². The molecular formula is C8H17NO4. The van der Waals surface area contributed by atoms with Crippen LogP contribution in [0.15, 0.2) is 0 Å². The molecule has 0 saturated heterocycles. The molecule has 78 valence electrons. The van der Waals surface area contributed by atoms with Crippen molar-refractivity contribution in [2.24, 2.45) is 0 Å². The lowest BCUT2D eigenvalue weighted by atomic mass is 10.4. The van der Waals surface area contributed by atoms with Crippen LogP contribution in [0.1, 0.15) is 26.7 Å². The lowest BCUT2D eigenvalue weighted by molar-refractivity contribution is -0.485. The van der Waals surface area contributed by atoms with E-state index in [-0.39, 0.29) is 19.4 Å². The average molecular weight is 191 g/mol. The largest absolute Gasteiger partial charge is 0.353 e. The van der Waals surface area contributed by atoms with Crippen LogP contribution in [0.5, 0.6) is 0 Å². The highest BCUT2D eigenvalue weighted by molar-refractivity contribution is 4.36. The number of ether oxygens (including phenoxy) is 2. The second-order valence-corrected chi connectivity index (χ2v) is 2.72. The van der Waals surface area contributed by atoms with Gasteiger partial charge in [-0.2, -0.15) is 0 Å². The van der Waals surface area contributed by atoms with Crippen LogP contribution in [-0.2, 0) is 9.47 Å². The molecule has 0 aliphatic heterocycles. The predicted molar refractivity (Wildman–Crippen MR) is 48.1 cm³/mol. The third kappa shape index (κ3) is 9.23. The van der Waals surface area contributed by atoms with E-state index in [0.717, 1.165) is 12.8 Å². The molecule has 5 heteroatoms. The average Bonchev–Trinajstić information content (AvgIpc) is 2.04. The van der Waals surface area contributed by atoms with Crippen LogP contribution in [0, 0.1) is 10.1 Å². The van der Waals surface area contributed by atoms with Crippen LogP contribution in [-0.4, -0.2) is 31.0 Å². The minimum Gasteiger partial charge on any atom is -0.353 e. The summed E-state index contributed by atoms with van der Waals surface area (Å²) >= 11 is 0. The first kappa shape index (κ1) is 12.3. The topological polar surface area (TPSA) is 61.6 Å². The van der Waals surface area contributed by atoms with E-state index in [9.17, 15) is 10.1 Å². The van der Waals surface area contributed by atoms with Gasteiger partial charge in [0.2, 0.25) is 6.54 Å². The summed E-state index contributed by atoms with van der Waals surface area (Å²) in [5.74, 6) is 0. The van der Waals surface area contributed by atoms with Crippen LogP contribution < -0.4 is 0 Å². The van der Waals surface area contributed by atoms with Gasteiger partial charge in [0.1, 0.15) is 6.61 Å². The fourth-order valence-electron chi connectivity index (χ4n) is 0.735. The van der Waals surface area contributed by atoms with Crippen molar-refractivity contribution in [2.75, 3.05) is 19.8 Å². The van der Waals surface area contributed by atoms with Gasteiger partial charge in [-0.25, -0.2) is 0 Å². The third-order valence-corrected chi connectivity index (χ3v) is 1.48. The van der Waals surface area contributed by atoms with Gasteiger partial charge in [-0.1, -0.05) is 13.3 Å². The quantitative estimate of drug-likeness (QED) is 0.252. The molecule has 0 spiro atoms. The van der Waals surface area contributed by atoms with Gasteiger partial charge in [-0.3, -0.25) is 10.1 Å². The summed E-state index contributed by atoms with van der Waals surface area (Å²) in [6.45, 7) is 4.41. The molecule has 1 atom stereocenters. The molecule has 13 heavy (non-hydrogen) atoms. The Morgan fingerprint density at radius 2 is 2.00 bits per heavy atom. The maximum atomic E-state index is 9.93. The van der Waals surface area contributed by atoms with Crippen molar-refractivity contribution in [3.8, 4) is 0 Å². The maximum absolute atomic E-state index is 9.93. The molecule has 0 rings (SSSR count). The van der Waals surface area contributed by atoms with Crippen molar-refractivity contribution in [1.82, 2.24) is 0 Å². The summed E-state index contributed by atoms with van der Waals surface area (Å²) in [6, 6.07) is 0. The van der Waals surface area contributed by atoms with Crippen molar-refractivity contribution in [2.45, 2.75) is 33.0 Å². The summed E-state index contributed by atoms with van der Waals surface area (Å²) in [6.07, 6.45) is 1.72. The second-order valence-electron chi connectivity index (χ2n) is 2.72. The molecule has 0 aromatic heterocycles. The number of hydrogen-bond donors (Lipinski definition) is 0. The zero-order valence-electron chi connectivity index (χ0n) is 8.19. The number of nitro groups is 1. The van der Waals surface area contributed by atoms with E-state index in [1.807, 2.05) is 0 Å². The first-order chi connectivity index (χ1) is 6.16. The lowest BCUT2D eigenvalue weighted by Crippen LogP contribution is -2.18. The minimum atomic E-state index is -0.404. The van der Waals surface area contributed by atoms with Crippen LogP contribution in [0.4, 0.5) is 0 Å². The maximum Gasteiger partial charge on any atom is 0.227 e. The number of unbranched alkanes of at least 4 members (excludes halogenated alkanes) is 1. The van der Waals surface area contributed by atoms with Gasteiger partial charge < -0.3 is 9.47 Å². The van der Waals surface area contributed by atoms with E-state index in [2.05, 4.69) is 6.92 Å². The molecule has 0 amide bonds. The van der Waals surface area contributed by atoms with Gasteiger partial charge in [-0.05, 0) is 13.3 Å². The Bertz CT molecular complexity index is 140. The van der Waals surface area contributed by atoms with Gasteiger partial charge in [0.05, 0.1) is 0 Å². The molecule has 0 aliphatic rings. The molecule has 0 N–H and O–H groups in total. The Morgan fingerprint density at radius 1 is 1.38 bits per heavy atom. The Morgan fingerprint density at radius 3 is 2.54 bits per heavy atom. The van der Waals surface area contributed by atoms with E-state index in [1.165, 1.54) is 0 Å². The normalized spacial score (nSPS) is 12.8. The SMILES string of the molecule is CCCCOC(C)OCC[N+](=O)[O-]. The summed E-state index contributed by atoms with van der Waals surface area (Å²) in [5, 5.41) is 9.93. The number of nitrogens with zero attached hydrogens (tertiary/aromatic N) is 1. The zero-order chi connectivity index (χ0) is 10.1. The number of rotatable bonds is 8. The summed E-state index contributed by atoms with van der Waals surface area (Å²) in [7, 11) is 0. The van der Waals surface area contributed by atoms with Gasteiger partial charge in [0, 0.05) is 11.5 Å².